The average molecular weight is 564 g/mol. The Labute approximate surface area is 237 Å². The Balaban J connectivity index is 1.31. The van der Waals surface area contributed by atoms with Crippen molar-refractivity contribution in [2.45, 2.75) is 4.34 Å². The van der Waals surface area contributed by atoms with Crippen LogP contribution < -0.4 is 10.00 Å². The molecule has 4 aromatic carbocycles. The highest BCUT2D eigenvalue weighted by Crippen LogP contribution is 2.29. The number of rotatable bonds is 6. The normalized spacial score (nSPS) is 10.9. The van der Waals surface area contributed by atoms with E-state index < -0.39 is 4.92 Å². The molecule has 0 bridgehead atoms. The predicted molar refractivity (Wildman–Crippen MR) is 156 cm³/mol. The highest BCUT2D eigenvalue weighted by molar-refractivity contribution is 7.82. The molecule has 0 atom stereocenters. The molecule has 194 valence electrons. The number of hydrogen-bond donors (Lipinski definition) is 2. The molecule has 0 spiro atoms. The monoisotopic (exact) mass is 563 g/mol. The van der Waals surface area contributed by atoms with Crippen molar-refractivity contribution < 1.29 is 14.4 Å². The molecule has 0 amide bonds. The molecule has 0 aliphatic rings. The summed E-state index contributed by atoms with van der Waals surface area (Å²) in [6.45, 7) is 0. The summed E-state index contributed by atoms with van der Waals surface area (Å²) in [5, 5.41) is 20.2. The van der Waals surface area contributed by atoms with E-state index in [1.165, 1.54) is 16.8 Å². The first-order valence-electron chi connectivity index (χ1n) is 12.1. The van der Waals surface area contributed by atoms with Crippen molar-refractivity contribution >= 4 is 58.0 Å². The molecule has 0 radical (unpaired) electrons. The van der Waals surface area contributed by atoms with E-state index >= 15 is 0 Å². The Hall–Kier alpha value is -5.00. The summed E-state index contributed by atoms with van der Waals surface area (Å²) in [7, 11) is 0. The van der Waals surface area contributed by atoms with Gasteiger partial charge in [-0.15, -0.1) is 12.6 Å². The summed E-state index contributed by atoms with van der Waals surface area (Å²) in [5.41, 5.74) is 3.26. The minimum absolute atomic E-state index is 0.0753. The van der Waals surface area contributed by atoms with Gasteiger partial charge in [-0.1, -0.05) is 48.5 Å². The third-order valence-corrected chi connectivity index (χ3v) is 7.32. The Bertz CT molecular complexity index is 1890. The van der Waals surface area contributed by atoms with Crippen molar-refractivity contribution in [1.82, 2.24) is 15.1 Å². The van der Waals surface area contributed by atoms with Crippen LogP contribution in [0.4, 0.5) is 17.2 Å². The summed E-state index contributed by atoms with van der Waals surface area (Å²) in [6, 6.07) is 30.5. The number of nitro groups is 1. The van der Waals surface area contributed by atoms with Crippen LogP contribution in [-0.4, -0.2) is 25.9 Å². The number of thiol groups is 1. The third kappa shape index (κ3) is 5.03. The molecular weight excluding hydrogens is 544 g/mol. The Morgan fingerprint density at radius 3 is 2.38 bits per heavy atom. The second-order valence-electron chi connectivity index (χ2n) is 8.70. The quantitative estimate of drug-likeness (QED) is 0.105. The summed E-state index contributed by atoms with van der Waals surface area (Å²) in [6.07, 6.45) is 0. The Morgan fingerprint density at radius 1 is 0.875 bits per heavy atom. The lowest BCUT2D eigenvalue weighted by atomic mass is 10.1. The maximum atomic E-state index is 13.4. The number of nitrogens with zero attached hydrogens (tertiary/aromatic N) is 5. The van der Waals surface area contributed by atoms with E-state index in [-0.39, 0.29) is 11.6 Å². The fourth-order valence-corrected chi connectivity index (χ4v) is 5.30. The van der Waals surface area contributed by atoms with Crippen LogP contribution in [-0.2, 0) is 0 Å². The molecule has 6 aromatic rings. The van der Waals surface area contributed by atoms with E-state index in [9.17, 15) is 14.9 Å². The molecule has 0 aliphatic heterocycles. The van der Waals surface area contributed by atoms with E-state index in [4.69, 9.17) is 9.97 Å². The van der Waals surface area contributed by atoms with Gasteiger partial charge in [-0.05, 0) is 53.8 Å². The first-order chi connectivity index (χ1) is 19.5. The van der Waals surface area contributed by atoms with Gasteiger partial charge in [-0.3, -0.25) is 10.1 Å². The van der Waals surface area contributed by atoms with Gasteiger partial charge in [0.05, 0.1) is 21.6 Å². The average Bonchev–Trinajstić information content (AvgIpc) is 3.39. The largest absolute Gasteiger partial charge is 0.450 e. The van der Waals surface area contributed by atoms with Crippen molar-refractivity contribution in [3.63, 3.8) is 0 Å². The van der Waals surface area contributed by atoms with Gasteiger partial charge in [0.15, 0.2) is 5.82 Å². The van der Waals surface area contributed by atoms with Gasteiger partial charge in [0.2, 0.25) is 4.34 Å². The van der Waals surface area contributed by atoms with Gasteiger partial charge in [-0.25, -0.2) is 14.8 Å². The number of anilines is 2. The molecule has 11 heteroatoms. The lowest BCUT2D eigenvalue weighted by molar-refractivity contribution is -0.621. The molecule has 9 nitrogen and oxygen atoms in total. The van der Waals surface area contributed by atoms with Crippen LogP contribution in [0, 0.1) is 10.1 Å². The molecule has 2 heterocycles. The number of aromatic nitrogens is 4. The standard InChI is InChI=1S/C29H18N6O3S2/c36-27(34-28(40-29(39)33-34)20-9-6-10-22(17-20)35(37)38)19-13-15-21(16-14-19)30-26-23-11-4-5-12-24(23)31-25(32-26)18-7-2-1-3-8-18/h1-17H,(H-,30,31,32,33,36,39)/p+1. The van der Waals surface area contributed by atoms with Gasteiger partial charge in [0, 0.05) is 38.6 Å². The van der Waals surface area contributed by atoms with Gasteiger partial charge in [0.25, 0.3) is 5.69 Å². The number of carbonyl (C=O) groups is 1. The fraction of sp³-hybridized carbons (Fsp3) is 0. The van der Waals surface area contributed by atoms with E-state index in [1.807, 2.05) is 54.6 Å². The van der Waals surface area contributed by atoms with Crippen molar-refractivity contribution in [3.8, 4) is 22.0 Å². The van der Waals surface area contributed by atoms with Crippen LogP contribution >= 0.6 is 24.0 Å². The van der Waals surface area contributed by atoms with E-state index in [0.29, 0.717) is 32.1 Å². The van der Waals surface area contributed by atoms with Gasteiger partial charge >= 0.3 is 10.9 Å². The van der Waals surface area contributed by atoms with Crippen LogP contribution in [0.25, 0.3) is 32.9 Å². The summed E-state index contributed by atoms with van der Waals surface area (Å²) >= 11 is 5.48. The van der Waals surface area contributed by atoms with Crippen LogP contribution in [0.1, 0.15) is 10.4 Å². The number of non-ortho nitro benzene ring substituents is 1. The zero-order chi connectivity index (χ0) is 27.6. The van der Waals surface area contributed by atoms with Crippen LogP contribution in [0.5, 0.6) is 0 Å². The van der Waals surface area contributed by atoms with Gasteiger partial charge < -0.3 is 5.32 Å². The predicted octanol–water partition coefficient (Wildman–Crippen LogP) is 6.34. The molecule has 0 fully saturated rings. The number of para-hydroxylation sites is 1. The number of nitro benzene ring substituents is 1. The maximum Gasteiger partial charge on any atom is 0.450 e. The Morgan fingerprint density at radius 2 is 1.60 bits per heavy atom. The van der Waals surface area contributed by atoms with Crippen molar-refractivity contribution in [3.05, 3.63) is 119 Å². The first-order valence-corrected chi connectivity index (χ1v) is 13.3. The maximum absolute atomic E-state index is 13.4. The highest BCUT2D eigenvalue weighted by Gasteiger charge is 2.30. The molecule has 1 N–H and O–H groups in total. The fourth-order valence-electron chi connectivity index (χ4n) is 4.20. The first kappa shape index (κ1) is 25.3. The minimum atomic E-state index is -0.478. The number of hydrogen-bond acceptors (Lipinski definition) is 9. The molecule has 2 aromatic heterocycles. The van der Waals surface area contributed by atoms with Crippen LogP contribution in [0.3, 0.4) is 0 Å². The van der Waals surface area contributed by atoms with E-state index in [0.717, 1.165) is 33.5 Å². The molecule has 0 saturated carbocycles. The topological polar surface area (TPSA) is 115 Å². The second kappa shape index (κ2) is 10.6. The molecule has 0 saturated heterocycles. The number of carbonyl (C=O) groups excluding carboxylic acids is 1. The molecular formula is C29H19N6O3S2+. The summed E-state index contributed by atoms with van der Waals surface area (Å²) < 4.78 is 1.58. The molecule has 0 aliphatic carbocycles. The third-order valence-electron chi connectivity index (χ3n) is 6.09. The molecule has 0 unspecified atom stereocenters. The van der Waals surface area contributed by atoms with Gasteiger partial charge in [0.1, 0.15) is 5.82 Å². The summed E-state index contributed by atoms with van der Waals surface area (Å²) in [4.78, 5) is 33.7. The number of benzene rings is 4. The van der Waals surface area contributed by atoms with Crippen molar-refractivity contribution in [2.75, 3.05) is 5.32 Å². The molecule has 40 heavy (non-hydrogen) atoms. The zero-order valence-corrected chi connectivity index (χ0v) is 22.3. The second-order valence-corrected chi connectivity index (χ2v) is 10.4. The van der Waals surface area contributed by atoms with Crippen LogP contribution in [0.15, 0.2) is 107 Å². The Kier molecular flexibility index (Phi) is 6.72. The minimum Gasteiger partial charge on any atom is -0.340 e. The van der Waals surface area contributed by atoms with E-state index in [1.54, 1.807) is 36.4 Å². The number of fused-ring (bicyclic) bond motifs is 1. The smallest absolute Gasteiger partial charge is 0.340 e. The van der Waals surface area contributed by atoms with Crippen molar-refractivity contribution in [1.29, 1.82) is 0 Å². The van der Waals surface area contributed by atoms with Crippen LogP contribution in [0.2, 0.25) is 0 Å². The highest BCUT2D eigenvalue weighted by atomic mass is 32.2. The van der Waals surface area contributed by atoms with Crippen molar-refractivity contribution in [2.24, 2.45) is 0 Å². The van der Waals surface area contributed by atoms with Gasteiger partial charge in [-0.2, -0.15) is 0 Å². The van der Waals surface area contributed by atoms with E-state index in [2.05, 4.69) is 23.0 Å². The summed E-state index contributed by atoms with van der Waals surface area (Å²) in [5.74, 6) is 0.860. The lowest BCUT2D eigenvalue weighted by Gasteiger charge is -2.11. The SMILES string of the molecule is O=C(c1ccc(Nc2nc(-c3ccccc3)nc3ccccc23)cc1)[n+]1nc(S)sc1-c1cccc([N+](=O)[O-])c1. The molecule has 6 rings (SSSR count). The number of nitrogens with one attached hydrogen (secondary N) is 1. The zero-order valence-electron chi connectivity index (χ0n) is 20.6. The lowest BCUT2D eigenvalue weighted by Crippen LogP contribution is -2.46.